The molecule has 0 spiro atoms. The Hall–Kier alpha value is -2.73. The number of rotatable bonds is 9. The van der Waals surface area contributed by atoms with E-state index in [2.05, 4.69) is 10.6 Å². The molecule has 2 N–H and O–H groups in total. The molecule has 0 fully saturated rings. The Bertz CT molecular complexity index is 644. The van der Waals surface area contributed by atoms with E-state index in [-0.39, 0.29) is 12.5 Å². The van der Waals surface area contributed by atoms with Crippen LogP contribution in [0.1, 0.15) is 0 Å². The number of methoxy groups -OCH3 is 2. The van der Waals surface area contributed by atoms with E-state index in [1.54, 1.807) is 26.4 Å². The van der Waals surface area contributed by atoms with Gasteiger partial charge in [0, 0.05) is 6.54 Å². The smallest absolute Gasteiger partial charge is 0.238 e. The van der Waals surface area contributed by atoms with Crippen molar-refractivity contribution < 1.29 is 19.0 Å². The van der Waals surface area contributed by atoms with Crippen molar-refractivity contribution in [2.75, 3.05) is 39.2 Å². The Balaban J connectivity index is 1.65. The number of carbonyl (C=O) groups is 1. The fraction of sp³-hybridized carbons (Fsp3) is 0.278. The molecule has 1 amide bonds. The molecule has 0 atom stereocenters. The predicted molar refractivity (Wildman–Crippen MR) is 93.0 cm³/mol. The highest BCUT2D eigenvalue weighted by molar-refractivity contribution is 5.93. The van der Waals surface area contributed by atoms with Crippen LogP contribution in [-0.2, 0) is 4.79 Å². The van der Waals surface area contributed by atoms with Crippen LogP contribution in [0.25, 0.3) is 0 Å². The van der Waals surface area contributed by atoms with Gasteiger partial charge < -0.3 is 24.8 Å². The molecule has 24 heavy (non-hydrogen) atoms. The first-order valence-electron chi connectivity index (χ1n) is 7.63. The van der Waals surface area contributed by atoms with Gasteiger partial charge in [-0.3, -0.25) is 4.79 Å². The van der Waals surface area contributed by atoms with Gasteiger partial charge in [0.15, 0.2) is 0 Å². The highest BCUT2D eigenvalue weighted by atomic mass is 16.5. The lowest BCUT2D eigenvalue weighted by Gasteiger charge is -2.11. The van der Waals surface area contributed by atoms with E-state index >= 15 is 0 Å². The minimum absolute atomic E-state index is 0.135. The van der Waals surface area contributed by atoms with E-state index in [4.69, 9.17) is 14.2 Å². The van der Waals surface area contributed by atoms with Gasteiger partial charge in [0.1, 0.15) is 23.9 Å². The summed E-state index contributed by atoms with van der Waals surface area (Å²) in [7, 11) is 3.19. The number of nitrogens with one attached hydrogen (secondary N) is 2. The summed E-state index contributed by atoms with van der Waals surface area (Å²) in [5.74, 6) is 2.04. The van der Waals surface area contributed by atoms with Crippen molar-refractivity contribution in [2.24, 2.45) is 0 Å². The van der Waals surface area contributed by atoms with Gasteiger partial charge in [-0.1, -0.05) is 12.1 Å². The molecule has 2 aromatic rings. The third-order valence-electron chi connectivity index (χ3n) is 3.27. The molecule has 2 rings (SSSR count). The Morgan fingerprint density at radius 2 is 1.67 bits per heavy atom. The normalized spacial score (nSPS) is 10.1. The number of benzene rings is 2. The third-order valence-corrected chi connectivity index (χ3v) is 3.27. The molecule has 0 unspecified atom stereocenters. The molecule has 2 aromatic carbocycles. The Labute approximate surface area is 141 Å². The lowest BCUT2D eigenvalue weighted by Crippen LogP contribution is -2.31. The third kappa shape index (κ3) is 5.48. The van der Waals surface area contributed by atoms with Gasteiger partial charge in [0.05, 0.1) is 26.5 Å². The maximum atomic E-state index is 11.9. The van der Waals surface area contributed by atoms with E-state index in [0.717, 1.165) is 11.5 Å². The average molecular weight is 330 g/mol. The Kier molecular flexibility index (Phi) is 6.91. The minimum Gasteiger partial charge on any atom is -0.497 e. The van der Waals surface area contributed by atoms with Crippen molar-refractivity contribution in [1.82, 2.24) is 5.32 Å². The number of para-hydroxylation sites is 2. The van der Waals surface area contributed by atoms with Crippen LogP contribution in [0.15, 0.2) is 48.5 Å². The molecular formula is C18H22N2O4. The molecule has 0 saturated heterocycles. The van der Waals surface area contributed by atoms with Gasteiger partial charge in [0.25, 0.3) is 0 Å². The fourth-order valence-corrected chi connectivity index (χ4v) is 2.06. The van der Waals surface area contributed by atoms with Crippen LogP contribution in [0.3, 0.4) is 0 Å². The second-order valence-corrected chi connectivity index (χ2v) is 4.95. The lowest BCUT2D eigenvalue weighted by atomic mass is 10.3. The summed E-state index contributed by atoms with van der Waals surface area (Å²) in [6.07, 6.45) is 0. The van der Waals surface area contributed by atoms with Gasteiger partial charge in [-0.25, -0.2) is 0 Å². The topological polar surface area (TPSA) is 68.8 Å². The molecule has 128 valence electrons. The highest BCUT2D eigenvalue weighted by Crippen LogP contribution is 2.22. The Morgan fingerprint density at radius 3 is 2.38 bits per heavy atom. The van der Waals surface area contributed by atoms with Gasteiger partial charge in [-0.15, -0.1) is 0 Å². The van der Waals surface area contributed by atoms with Crippen LogP contribution in [-0.4, -0.2) is 39.8 Å². The number of hydrogen-bond acceptors (Lipinski definition) is 5. The molecule has 6 nitrogen and oxygen atoms in total. The first-order chi connectivity index (χ1) is 11.7. The molecule has 0 aliphatic heterocycles. The molecule has 0 aliphatic rings. The van der Waals surface area contributed by atoms with Crippen LogP contribution in [0.5, 0.6) is 17.2 Å². The monoisotopic (exact) mass is 330 g/mol. The van der Waals surface area contributed by atoms with Crippen LogP contribution < -0.4 is 24.8 Å². The molecule has 6 heteroatoms. The van der Waals surface area contributed by atoms with Crippen LogP contribution in [0.4, 0.5) is 5.69 Å². The van der Waals surface area contributed by atoms with Crippen molar-refractivity contribution in [1.29, 1.82) is 0 Å². The highest BCUT2D eigenvalue weighted by Gasteiger charge is 2.06. The number of amides is 1. The van der Waals surface area contributed by atoms with Gasteiger partial charge in [-0.2, -0.15) is 0 Å². The first-order valence-corrected chi connectivity index (χ1v) is 7.63. The SMILES string of the molecule is COc1ccc(OCCNCC(=O)Nc2ccccc2OC)cc1. The quantitative estimate of drug-likeness (QED) is 0.691. The molecule has 0 saturated carbocycles. The zero-order valence-corrected chi connectivity index (χ0v) is 13.9. The Morgan fingerprint density at radius 1 is 0.958 bits per heavy atom. The van der Waals surface area contributed by atoms with Crippen molar-refractivity contribution >= 4 is 11.6 Å². The molecule has 0 bridgehead atoms. The summed E-state index contributed by atoms with van der Waals surface area (Å²) in [6.45, 7) is 1.23. The molecule has 0 aliphatic carbocycles. The second kappa shape index (κ2) is 9.42. The molecular weight excluding hydrogens is 308 g/mol. The largest absolute Gasteiger partial charge is 0.497 e. The lowest BCUT2D eigenvalue weighted by molar-refractivity contribution is -0.115. The summed E-state index contributed by atoms with van der Waals surface area (Å²) in [5, 5.41) is 5.83. The van der Waals surface area contributed by atoms with E-state index < -0.39 is 0 Å². The number of ether oxygens (including phenoxy) is 3. The van der Waals surface area contributed by atoms with Crippen molar-refractivity contribution in [2.45, 2.75) is 0 Å². The standard InChI is InChI=1S/C18H22N2O4/c1-22-14-7-9-15(10-8-14)24-12-11-19-13-18(21)20-16-5-3-4-6-17(16)23-2/h3-10,19H,11-13H2,1-2H3,(H,20,21). The van der Waals surface area contributed by atoms with Crippen molar-refractivity contribution in [3.8, 4) is 17.2 Å². The summed E-state index contributed by atoms with van der Waals surface area (Å²) >= 11 is 0. The summed E-state index contributed by atoms with van der Waals surface area (Å²) in [4.78, 5) is 11.9. The van der Waals surface area contributed by atoms with E-state index in [0.29, 0.717) is 24.6 Å². The number of anilines is 1. The first kappa shape index (κ1) is 17.6. The van der Waals surface area contributed by atoms with Crippen LogP contribution in [0, 0.1) is 0 Å². The zero-order valence-electron chi connectivity index (χ0n) is 13.9. The second-order valence-electron chi connectivity index (χ2n) is 4.95. The van der Waals surface area contributed by atoms with Crippen molar-refractivity contribution in [3.05, 3.63) is 48.5 Å². The van der Waals surface area contributed by atoms with E-state index in [1.807, 2.05) is 36.4 Å². The predicted octanol–water partition coefficient (Wildman–Crippen LogP) is 2.31. The number of hydrogen-bond donors (Lipinski definition) is 2. The van der Waals surface area contributed by atoms with Gasteiger partial charge >= 0.3 is 0 Å². The van der Waals surface area contributed by atoms with Gasteiger partial charge in [0.2, 0.25) is 5.91 Å². The van der Waals surface area contributed by atoms with Crippen molar-refractivity contribution in [3.63, 3.8) is 0 Å². The maximum absolute atomic E-state index is 11.9. The minimum atomic E-state index is -0.135. The maximum Gasteiger partial charge on any atom is 0.238 e. The molecule has 0 aromatic heterocycles. The zero-order chi connectivity index (χ0) is 17.2. The molecule has 0 radical (unpaired) electrons. The average Bonchev–Trinajstić information content (AvgIpc) is 2.62. The van der Waals surface area contributed by atoms with Crippen LogP contribution in [0.2, 0.25) is 0 Å². The summed E-state index contributed by atoms with van der Waals surface area (Å²) < 4.78 is 15.8. The molecule has 0 heterocycles. The van der Waals surface area contributed by atoms with E-state index in [9.17, 15) is 4.79 Å². The van der Waals surface area contributed by atoms with E-state index in [1.165, 1.54) is 0 Å². The van der Waals surface area contributed by atoms with Gasteiger partial charge in [-0.05, 0) is 36.4 Å². The summed E-state index contributed by atoms with van der Waals surface area (Å²) in [6, 6.07) is 14.6. The number of carbonyl (C=O) groups excluding carboxylic acids is 1. The van der Waals surface area contributed by atoms with Crippen LogP contribution >= 0.6 is 0 Å². The fourth-order valence-electron chi connectivity index (χ4n) is 2.06. The summed E-state index contributed by atoms with van der Waals surface area (Å²) in [5.41, 5.74) is 0.654.